The largest absolute Gasteiger partial charge is 0.494 e. The smallest absolute Gasteiger partial charge is 0.416 e. The number of nitrogens with one attached hydrogen (secondary N) is 1. The van der Waals surface area contributed by atoms with Crippen molar-refractivity contribution in [3.8, 4) is 5.75 Å². The van der Waals surface area contributed by atoms with Crippen LogP contribution < -0.4 is 15.0 Å². The van der Waals surface area contributed by atoms with Gasteiger partial charge < -0.3 is 15.0 Å². The molecule has 0 bridgehead atoms. The zero-order chi connectivity index (χ0) is 27.7. The van der Waals surface area contributed by atoms with Gasteiger partial charge in [-0.1, -0.05) is 45.6 Å². The molecular formula is C28H34F3N3O3S. The molecule has 1 heterocycles. The molecule has 206 valence electrons. The van der Waals surface area contributed by atoms with Gasteiger partial charge in [-0.15, -0.1) is 0 Å². The number of halogens is 3. The maximum atomic E-state index is 13.5. The quantitative estimate of drug-likeness (QED) is 0.220. The summed E-state index contributed by atoms with van der Waals surface area (Å²) in [7, 11) is 0. The molecule has 38 heavy (non-hydrogen) atoms. The van der Waals surface area contributed by atoms with Gasteiger partial charge in [-0.05, 0) is 67.5 Å². The summed E-state index contributed by atoms with van der Waals surface area (Å²) in [5.41, 5.74) is -0.284. The second-order valence-corrected chi connectivity index (χ2v) is 9.62. The Kier molecular flexibility index (Phi) is 10.5. The summed E-state index contributed by atoms with van der Waals surface area (Å²) < 4.78 is 45.5. The van der Waals surface area contributed by atoms with Crippen molar-refractivity contribution in [2.45, 2.75) is 71.0 Å². The summed E-state index contributed by atoms with van der Waals surface area (Å²) in [4.78, 5) is 29.2. The summed E-state index contributed by atoms with van der Waals surface area (Å²) in [5.74, 6) is -0.219. The number of carbonyl (C=O) groups excluding carboxylic acids is 2. The lowest BCUT2D eigenvalue weighted by Crippen LogP contribution is -2.38. The first kappa shape index (κ1) is 29.4. The van der Waals surface area contributed by atoms with Gasteiger partial charge in [0.2, 0.25) is 5.91 Å². The molecule has 1 N–H and O–H groups in total. The molecule has 0 spiro atoms. The van der Waals surface area contributed by atoms with Gasteiger partial charge in [0.25, 0.3) is 5.91 Å². The van der Waals surface area contributed by atoms with Crippen LogP contribution in [0.15, 0.2) is 48.5 Å². The first-order chi connectivity index (χ1) is 18.2. The number of nitrogens with zero attached hydrogens (tertiary/aromatic N) is 2. The number of thiocarbonyl (C=S) groups is 1. The highest BCUT2D eigenvalue weighted by atomic mass is 32.1. The van der Waals surface area contributed by atoms with E-state index in [2.05, 4.69) is 12.2 Å². The Labute approximate surface area is 227 Å². The van der Waals surface area contributed by atoms with Crippen molar-refractivity contribution < 1.29 is 27.5 Å². The number of benzene rings is 2. The van der Waals surface area contributed by atoms with E-state index < -0.39 is 29.6 Å². The first-order valence-corrected chi connectivity index (χ1v) is 13.4. The average molecular weight is 550 g/mol. The van der Waals surface area contributed by atoms with Crippen LogP contribution in [0.4, 0.5) is 24.5 Å². The summed E-state index contributed by atoms with van der Waals surface area (Å²) in [6.07, 6.45) is 1.02. The van der Waals surface area contributed by atoms with Gasteiger partial charge in [-0.25, -0.2) is 0 Å². The Morgan fingerprint density at radius 2 is 1.74 bits per heavy atom. The molecule has 1 atom stereocenters. The van der Waals surface area contributed by atoms with E-state index in [4.69, 9.17) is 17.0 Å². The normalized spacial score (nSPS) is 15.8. The minimum absolute atomic E-state index is 0.0383. The third-order valence-corrected chi connectivity index (χ3v) is 6.66. The second kappa shape index (κ2) is 13.6. The molecule has 2 aromatic carbocycles. The summed E-state index contributed by atoms with van der Waals surface area (Å²) in [6.45, 7) is 5.14. The van der Waals surface area contributed by atoms with Gasteiger partial charge in [0, 0.05) is 12.2 Å². The zero-order valence-corrected chi connectivity index (χ0v) is 22.5. The van der Waals surface area contributed by atoms with Crippen molar-refractivity contribution in [3.05, 3.63) is 54.1 Å². The number of anilines is 2. The lowest BCUT2D eigenvalue weighted by Gasteiger charge is -2.24. The van der Waals surface area contributed by atoms with E-state index >= 15 is 0 Å². The monoisotopic (exact) mass is 549 g/mol. The van der Waals surface area contributed by atoms with E-state index in [1.165, 1.54) is 12.1 Å². The number of hydrogen-bond donors (Lipinski definition) is 1. The van der Waals surface area contributed by atoms with E-state index in [1.54, 1.807) is 29.2 Å². The predicted octanol–water partition coefficient (Wildman–Crippen LogP) is 6.80. The number of rotatable bonds is 13. The Bertz CT molecular complexity index is 1110. The van der Waals surface area contributed by atoms with Crippen LogP contribution in [0.3, 0.4) is 0 Å². The van der Waals surface area contributed by atoms with Crippen LogP contribution in [0, 0.1) is 0 Å². The van der Waals surface area contributed by atoms with E-state index in [1.807, 2.05) is 6.92 Å². The van der Waals surface area contributed by atoms with Crippen LogP contribution in [0.2, 0.25) is 0 Å². The molecule has 2 amide bonds. The standard InChI is InChI=1S/C28H34F3N3O3S/c1-3-5-6-7-8-16-33-24(19-25(35)32-21-12-14-23(15-13-21)37-17-4-2)26(36)34(27(33)38)22-11-9-10-20(18-22)28(29,30)31/h9-15,18,24H,3-8,16-17,19H2,1-2H3,(H,32,35). The highest BCUT2D eigenvalue weighted by molar-refractivity contribution is 7.80. The van der Waals surface area contributed by atoms with Crippen molar-refractivity contribution >= 4 is 40.5 Å². The third-order valence-electron chi connectivity index (χ3n) is 6.24. The van der Waals surface area contributed by atoms with E-state index in [-0.39, 0.29) is 17.2 Å². The molecular weight excluding hydrogens is 515 g/mol. The van der Waals surface area contributed by atoms with Gasteiger partial charge in [-0.3, -0.25) is 14.5 Å². The van der Waals surface area contributed by atoms with Crippen LogP contribution in [0.1, 0.15) is 64.4 Å². The minimum atomic E-state index is -4.56. The van der Waals surface area contributed by atoms with E-state index in [9.17, 15) is 22.8 Å². The van der Waals surface area contributed by atoms with Crippen molar-refractivity contribution in [3.63, 3.8) is 0 Å². The lowest BCUT2D eigenvalue weighted by atomic mass is 10.1. The predicted molar refractivity (Wildman–Crippen MR) is 146 cm³/mol. The average Bonchev–Trinajstić information content (AvgIpc) is 3.11. The topological polar surface area (TPSA) is 61.9 Å². The van der Waals surface area contributed by atoms with Crippen LogP contribution in [-0.2, 0) is 15.8 Å². The number of carbonyl (C=O) groups is 2. The van der Waals surface area contributed by atoms with Crippen LogP contribution in [0.5, 0.6) is 5.75 Å². The van der Waals surface area contributed by atoms with Crippen molar-refractivity contribution in [2.24, 2.45) is 0 Å². The summed E-state index contributed by atoms with van der Waals surface area (Å²) in [5, 5.41) is 2.90. The fourth-order valence-electron chi connectivity index (χ4n) is 4.27. The Morgan fingerprint density at radius 1 is 1.03 bits per heavy atom. The molecule has 1 fully saturated rings. The molecule has 0 aromatic heterocycles. The molecule has 1 aliphatic rings. The highest BCUT2D eigenvalue weighted by Gasteiger charge is 2.44. The Morgan fingerprint density at radius 3 is 2.39 bits per heavy atom. The SMILES string of the molecule is CCCCCCCN1C(=S)N(c2cccc(C(F)(F)F)c2)C(=O)C1CC(=O)Nc1ccc(OCCC)cc1. The lowest BCUT2D eigenvalue weighted by molar-refractivity contribution is -0.137. The molecule has 6 nitrogen and oxygen atoms in total. The second-order valence-electron chi connectivity index (χ2n) is 9.25. The van der Waals surface area contributed by atoms with Gasteiger partial charge in [0.15, 0.2) is 5.11 Å². The van der Waals surface area contributed by atoms with E-state index in [0.717, 1.165) is 55.6 Å². The summed E-state index contributed by atoms with van der Waals surface area (Å²) in [6, 6.07) is 10.5. The van der Waals surface area contributed by atoms with Gasteiger partial charge >= 0.3 is 6.18 Å². The molecule has 1 saturated heterocycles. The molecule has 0 radical (unpaired) electrons. The van der Waals surface area contributed by atoms with Crippen LogP contribution in [-0.4, -0.2) is 41.0 Å². The van der Waals surface area contributed by atoms with Crippen LogP contribution in [0.25, 0.3) is 0 Å². The van der Waals surface area contributed by atoms with Crippen LogP contribution >= 0.6 is 12.2 Å². The van der Waals surface area contributed by atoms with Crippen molar-refractivity contribution in [1.29, 1.82) is 0 Å². The highest BCUT2D eigenvalue weighted by Crippen LogP contribution is 2.34. The minimum Gasteiger partial charge on any atom is -0.494 e. The molecule has 0 aliphatic carbocycles. The fourth-order valence-corrected chi connectivity index (χ4v) is 4.69. The van der Waals surface area contributed by atoms with Crippen molar-refractivity contribution in [1.82, 2.24) is 4.90 Å². The van der Waals surface area contributed by atoms with Gasteiger partial charge in [0.05, 0.1) is 24.3 Å². The molecule has 0 saturated carbocycles. The molecule has 1 unspecified atom stereocenters. The molecule has 2 aromatic rings. The maximum absolute atomic E-state index is 13.5. The zero-order valence-electron chi connectivity index (χ0n) is 21.7. The summed E-state index contributed by atoms with van der Waals surface area (Å²) >= 11 is 5.57. The number of ether oxygens (including phenoxy) is 1. The Balaban J connectivity index is 1.76. The molecule has 10 heteroatoms. The fraction of sp³-hybridized carbons (Fsp3) is 0.464. The Hall–Kier alpha value is -3.14. The number of amides is 2. The number of hydrogen-bond acceptors (Lipinski definition) is 4. The molecule has 1 aliphatic heterocycles. The first-order valence-electron chi connectivity index (χ1n) is 13.0. The number of alkyl halides is 3. The molecule has 3 rings (SSSR count). The number of unbranched alkanes of at least 4 members (excludes halogenated alkanes) is 4. The van der Waals surface area contributed by atoms with E-state index in [0.29, 0.717) is 24.6 Å². The van der Waals surface area contributed by atoms with Gasteiger partial charge in [0.1, 0.15) is 11.8 Å². The third kappa shape index (κ3) is 7.69. The van der Waals surface area contributed by atoms with Gasteiger partial charge in [-0.2, -0.15) is 13.2 Å². The maximum Gasteiger partial charge on any atom is 0.416 e. The van der Waals surface area contributed by atoms with Crippen molar-refractivity contribution in [2.75, 3.05) is 23.4 Å².